The van der Waals surface area contributed by atoms with Crippen LogP contribution in [0.5, 0.6) is 17.4 Å². The summed E-state index contributed by atoms with van der Waals surface area (Å²) in [7, 11) is 3.13. The lowest BCUT2D eigenvalue weighted by atomic mass is 10.3. The summed E-state index contributed by atoms with van der Waals surface area (Å²) in [4.78, 5) is 16.1. The smallest absolute Gasteiger partial charge is 0.265 e. The maximum atomic E-state index is 12.1. The van der Waals surface area contributed by atoms with Crippen molar-refractivity contribution in [1.29, 1.82) is 0 Å². The second kappa shape index (κ2) is 7.31. The maximum Gasteiger partial charge on any atom is 0.265 e. The number of hydrogen-bond donors (Lipinski definition) is 1. The summed E-state index contributed by atoms with van der Waals surface area (Å²) in [6.07, 6.45) is 0.882. The van der Waals surface area contributed by atoms with Crippen molar-refractivity contribution in [2.75, 3.05) is 19.5 Å². The molecule has 1 aromatic heterocycles. The van der Waals surface area contributed by atoms with Crippen LogP contribution in [0.15, 0.2) is 42.6 Å². The number of nitrogens with one attached hydrogen (secondary N) is 1. The Morgan fingerprint density at radius 2 is 1.73 bits per heavy atom. The Labute approximate surface area is 129 Å². The summed E-state index contributed by atoms with van der Waals surface area (Å²) in [6, 6.07) is 10.4. The number of anilines is 1. The Bertz CT molecular complexity index is 611. The third kappa shape index (κ3) is 4.12. The number of nitrogens with zero attached hydrogens (tertiary/aromatic N) is 1. The van der Waals surface area contributed by atoms with Gasteiger partial charge in [-0.1, -0.05) is 0 Å². The molecule has 0 unspecified atom stereocenters. The Morgan fingerprint density at radius 3 is 2.27 bits per heavy atom. The fourth-order valence-electron chi connectivity index (χ4n) is 1.73. The molecule has 1 N–H and O–H groups in total. The normalized spacial score (nSPS) is 11.4. The van der Waals surface area contributed by atoms with E-state index in [2.05, 4.69) is 10.3 Å². The fourth-order valence-corrected chi connectivity index (χ4v) is 1.73. The first-order valence-electron chi connectivity index (χ1n) is 6.74. The SMILES string of the molecule is COc1ccc(O[C@@H](C)C(=O)Nc2ccc(OC)nc2)cc1. The van der Waals surface area contributed by atoms with Crippen LogP contribution in [-0.2, 0) is 4.79 Å². The number of methoxy groups -OCH3 is 2. The van der Waals surface area contributed by atoms with Crippen LogP contribution in [0, 0.1) is 0 Å². The third-order valence-corrected chi connectivity index (χ3v) is 2.95. The largest absolute Gasteiger partial charge is 0.497 e. The van der Waals surface area contributed by atoms with Crippen molar-refractivity contribution in [2.24, 2.45) is 0 Å². The molecule has 22 heavy (non-hydrogen) atoms. The minimum atomic E-state index is -0.643. The molecule has 0 saturated heterocycles. The zero-order valence-electron chi connectivity index (χ0n) is 12.7. The molecule has 1 atom stereocenters. The van der Waals surface area contributed by atoms with Crippen molar-refractivity contribution in [2.45, 2.75) is 13.0 Å². The highest BCUT2D eigenvalue weighted by Gasteiger charge is 2.15. The zero-order chi connectivity index (χ0) is 15.9. The minimum absolute atomic E-state index is 0.261. The lowest BCUT2D eigenvalue weighted by Gasteiger charge is -2.15. The van der Waals surface area contributed by atoms with Crippen molar-refractivity contribution in [3.8, 4) is 17.4 Å². The number of hydrogen-bond acceptors (Lipinski definition) is 5. The molecule has 6 heteroatoms. The van der Waals surface area contributed by atoms with Crippen LogP contribution in [-0.4, -0.2) is 31.2 Å². The standard InChI is InChI=1S/C16H18N2O4/c1-11(22-14-7-5-13(20-2)6-8-14)16(19)18-12-4-9-15(21-3)17-10-12/h4-11H,1-3H3,(H,18,19)/t11-/m0/s1. The molecule has 0 aliphatic rings. The molecule has 0 aliphatic carbocycles. The van der Waals surface area contributed by atoms with Crippen molar-refractivity contribution in [1.82, 2.24) is 4.98 Å². The number of rotatable bonds is 6. The predicted octanol–water partition coefficient (Wildman–Crippen LogP) is 2.50. The van der Waals surface area contributed by atoms with Crippen LogP contribution in [0.1, 0.15) is 6.92 Å². The third-order valence-electron chi connectivity index (χ3n) is 2.95. The van der Waals surface area contributed by atoms with Crippen molar-refractivity contribution < 1.29 is 19.0 Å². The van der Waals surface area contributed by atoms with Crippen LogP contribution in [0.2, 0.25) is 0 Å². The zero-order valence-corrected chi connectivity index (χ0v) is 12.7. The Morgan fingerprint density at radius 1 is 1.05 bits per heavy atom. The summed E-state index contributed by atoms with van der Waals surface area (Å²) in [5, 5.41) is 2.73. The average molecular weight is 302 g/mol. The lowest BCUT2D eigenvalue weighted by molar-refractivity contribution is -0.122. The number of ether oxygens (including phenoxy) is 3. The molecule has 0 bridgehead atoms. The number of pyridine rings is 1. The van der Waals surface area contributed by atoms with Crippen LogP contribution in [0.3, 0.4) is 0 Å². The van der Waals surface area contributed by atoms with E-state index in [0.717, 1.165) is 5.75 Å². The summed E-state index contributed by atoms with van der Waals surface area (Å²) in [6.45, 7) is 1.68. The van der Waals surface area contributed by atoms with E-state index in [4.69, 9.17) is 14.2 Å². The molecule has 1 aromatic carbocycles. The number of aromatic nitrogens is 1. The van der Waals surface area contributed by atoms with Gasteiger partial charge in [0.2, 0.25) is 5.88 Å². The molecule has 0 radical (unpaired) electrons. The fraction of sp³-hybridized carbons (Fsp3) is 0.250. The van der Waals surface area contributed by atoms with Gasteiger partial charge in [0.1, 0.15) is 11.5 Å². The van der Waals surface area contributed by atoms with Crippen LogP contribution in [0.25, 0.3) is 0 Å². The Balaban J connectivity index is 1.92. The molecule has 116 valence electrons. The molecule has 0 saturated carbocycles. The monoisotopic (exact) mass is 302 g/mol. The van der Waals surface area contributed by atoms with Gasteiger partial charge in [0.05, 0.1) is 26.1 Å². The van der Waals surface area contributed by atoms with E-state index in [1.807, 2.05) is 0 Å². The van der Waals surface area contributed by atoms with E-state index in [0.29, 0.717) is 17.3 Å². The van der Waals surface area contributed by atoms with Gasteiger partial charge in [-0.3, -0.25) is 4.79 Å². The molecule has 2 aromatic rings. The summed E-state index contributed by atoms with van der Waals surface area (Å²) in [5.74, 6) is 1.55. The second-order valence-corrected chi connectivity index (χ2v) is 4.51. The highest BCUT2D eigenvalue weighted by molar-refractivity contribution is 5.93. The van der Waals surface area contributed by atoms with Gasteiger partial charge in [-0.25, -0.2) is 4.98 Å². The van der Waals surface area contributed by atoms with Crippen molar-refractivity contribution >= 4 is 11.6 Å². The molecule has 1 amide bonds. The molecule has 2 rings (SSSR count). The van der Waals surface area contributed by atoms with Crippen LogP contribution in [0.4, 0.5) is 5.69 Å². The summed E-state index contributed by atoms with van der Waals surface area (Å²) >= 11 is 0. The van der Waals surface area contributed by atoms with Gasteiger partial charge in [-0.05, 0) is 37.3 Å². The van der Waals surface area contributed by atoms with Gasteiger partial charge >= 0.3 is 0 Å². The van der Waals surface area contributed by atoms with Gasteiger partial charge in [0.25, 0.3) is 5.91 Å². The topological polar surface area (TPSA) is 69.7 Å². The van der Waals surface area contributed by atoms with Crippen molar-refractivity contribution in [3.63, 3.8) is 0 Å². The molecule has 0 spiro atoms. The van der Waals surface area contributed by atoms with Crippen LogP contribution >= 0.6 is 0 Å². The van der Waals surface area contributed by atoms with E-state index < -0.39 is 6.10 Å². The molecule has 6 nitrogen and oxygen atoms in total. The second-order valence-electron chi connectivity index (χ2n) is 4.51. The van der Waals surface area contributed by atoms with Gasteiger partial charge in [-0.2, -0.15) is 0 Å². The van der Waals surface area contributed by atoms with E-state index >= 15 is 0 Å². The van der Waals surface area contributed by atoms with E-state index in [-0.39, 0.29) is 5.91 Å². The van der Waals surface area contributed by atoms with E-state index in [9.17, 15) is 4.79 Å². The Kier molecular flexibility index (Phi) is 5.19. The van der Waals surface area contributed by atoms with Gasteiger partial charge in [0, 0.05) is 6.07 Å². The van der Waals surface area contributed by atoms with Gasteiger partial charge < -0.3 is 19.5 Å². The van der Waals surface area contributed by atoms with Crippen LogP contribution < -0.4 is 19.5 Å². The molecule has 0 aliphatic heterocycles. The van der Waals surface area contributed by atoms with E-state index in [1.54, 1.807) is 50.4 Å². The first-order valence-corrected chi connectivity index (χ1v) is 6.74. The molecule has 0 fully saturated rings. The molecule has 1 heterocycles. The number of carbonyl (C=O) groups is 1. The number of amides is 1. The first kappa shape index (κ1) is 15.6. The predicted molar refractivity (Wildman–Crippen MR) is 82.5 cm³/mol. The average Bonchev–Trinajstić information content (AvgIpc) is 2.56. The maximum absolute atomic E-state index is 12.1. The van der Waals surface area contributed by atoms with Gasteiger partial charge in [0.15, 0.2) is 6.10 Å². The first-order chi connectivity index (χ1) is 10.6. The Hall–Kier alpha value is -2.76. The van der Waals surface area contributed by atoms with Gasteiger partial charge in [-0.15, -0.1) is 0 Å². The molecular formula is C16H18N2O4. The summed E-state index contributed by atoms with van der Waals surface area (Å²) < 4.78 is 15.6. The molecular weight excluding hydrogens is 284 g/mol. The number of carbonyl (C=O) groups excluding carboxylic acids is 1. The summed E-state index contributed by atoms with van der Waals surface area (Å²) in [5.41, 5.74) is 0.580. The lowest BCUT2D eigenvalue weighted by Crippen LogP contribution is -2.30. The van der Waals surface area contributed by atoms with E-state index in [1.165, 1.54) is 13.3 Å². The van der Waals surface area contributed by atoms with Crippen molar-refractivity contribution in [3.05, 3.63) is 42.6 Å². The number of benzene rings is 1. The highest BCUT2D eigenvalue weighted by Crippen LogP contribution is 2.18. The minimum Gasteiger partial charge on any atom is -0.497 e. The highest BCUT2D eigenvalue weighted by atomic mass is 16.5. The quantitative estimate of drug-likeness (QED) is 0.888.